The van der Waals surface area contributed by atoms with Crippen molar-refractivity contribution in [1.29, 1.82) is 0 Å². The van der Waals surface area contributed by atoms with Crippen molar-refractivity contribution in [3.05, 3.63) is 22.4 Å². The van der Waals surface area contributed by atoms with Gasteiger partial charge in [0.2, 0.25) is 0 Å². The summed E-state index contributed by atoms with van der Waals surface area (Å²) in [7, 11) is 4.06. The minimum atomic E-state index is 0.00498. The monoisotopic (exact) mass is 283 g/mol. The SMILES string of the molecule is CN(C)C(CNC(=O)N1CCOCC1)c1ccsc1. The van der Waals surface area contributed by atoms with Crippen molar-refractivity contribution in [1.82, 2.24) is 15.1 Å². The highest BCUT2D eigenvalue weighted by atomic mass is 32.1. The molecule has 1 aliphatic rings. The predicted octanol–water partition coefficient (Wildman–Crippen LogP) is 1.39. The second-order valence-corrected chi connectivity index (χ2v) is 5.60. The Bertz CT molecular complexity index is 389. The quantitative estimate of drug-likeness (QED) is 0.908. The molecule has 2 amide bonds. The number of hydrogen-bond acceptors (Lipinski definition) is 4. The van der Waals surface area contributed by atoms with E-state index in [1.807, 2.05) is 19.0 Å². The summed E-state index contributed by atoms with van der Waals surface area (Å²) in [5, 5.41) is 7.21. The van der Waals surface area contributed by atoms with Crippen molar-refractivity contribution in [3.63, 3.8) is 0 Å². The van der Waals surface area contributed by atoms with Gasteiger partial charge in [-0.3, -0.25) is 0 Å². The van der Waals surface area contributed by atoms with Gasteiger partial charge in [-0.2, -0.15) is 11.3 Å². The van der Waals surface area contributed by atoms with Crippen LogP contribution in [0, 0.1) is 0 Å². The lowest BCUT2D eigenvalue weighted by atomic mass is 10.1. The lowest BCUT2D eigenvalue weighted by Gasteiger charge is -2.29. The van der Waals surface area contributed by atoms with Crippen molar-refractivity contribution in [2.24, 2.45) is 0 Å². The van der Waals surface area contributed by atoms with Crippen LogP contribution in [0.2, 0.25) is 0 Å². The van der Waals surface area contributed by atoms with Gasteiger partial charge in [0.1, 0.15) is 0 Å². The van der Waals surface area contributed by atoms with E-state index in [-0.39, 0.29) is 12.1 Å². The Morgan fingerprint density at radius 3 is 2.84 bits per heavy atom. The highest BCUT2D eigenvalue weighted by Gasteiger charge is 2.19. The van der Waals surface area contributed by atoms with Crippen LogP contribution in [0.1, 0.15) is 11.6 Å². The first-order valence-corrected chi connectivity index (χ1v) is 7.42. The Morgan fingerprint density at radius 2 is 2.26 bits per heavy atom. The van der Waals surface area contributed by atoms with E-state index in [0.29, 0.717) is 32.8 Å². The molecule has 6 heteroatoms. The average Bonchev–Trinajstić information content (AvgIpc) is 2.93. The Kier molecular flexibility index (Phi) is 5.18. The topological polar surface area (TPSA) is 44.8 Å². The van der Waals surface area contributed by atoms with Crippen LogP contribution in [-0.4, -0.2) is 62.8 Å². The van der Waals surface area contributed by atoms with Crippen LogP contribution in [0.5, 0.6) is 0 Å². The molecule has 1 aliphatic heterocycles. The molecular weight excluding hydrogens is 262 g/mol. The molecule has 5 nitrogen and oxygen atoms in total. The molecule has 19 heavy (non-hydrogen) atoms. The molecule has 0 spiro atoms. The van der Waals surface area contributed by atoms with E-state index in [9.17, 15) is 4.79 Å². The molecule has 1 unspecified atom stereocenters. The predicted molar refractivity (Wildman–Crippen MR) is 76.5 cm³/mol. The maximum absolute atomic E-state index is 12.0. The molecule has 1 saturated heterocycles. The highest BCUT2D eigenvalue weighted by Crippen LogP contribution is 2.20. The lowest BCUT2D eigenvalue weighted by Crippen LogP contribution is -2.47. The van der Waals surface area contributed by atoms with Gasteiger partial charge in [0.05, 0.1) is 19.3 Å². The summed E-state index contributed by atoms with van der Waals surface area (Å²) < 4.78 is 5.24. The van der Waals surface area contributed by atoms with Gasteiger partial charge in [0.25, 0.3) is 0 Å². The second-order valence-electron chi connectivity index (χ2n) is 4.82. The molecule has 1 N–H and O–H groups in total. The van der Waals surface area contributed by atoms with Crippen molar-refractivity contribution in [3.8, 4) is 0 Å². The summed E-state index contributed by atoms with van der Waals surface area (Å²) in [6.45, 7) is 3.25. The molecule has 1 fully saturated rings. The number of nitrogens with one attached hydrogen (secondary N) is 1. The minimum Gasteiger partial charge on any atom is -0.378 e. The summed E-state index contributed by atoms with van der Waals surface area (Å²) in [4.78, 5) is 16.0. The smallest absolute Gasteiger partial charge is 0.317 e. The minimum absolute atomic E-state index is 0.00498. The third kappa shape index (κ3) is 3.92. The van der Waals surface area contributed by atoms with E-state index in [1.165, 1.54) is 5.56 Å². The van der Waals surface area contributed by atoms with Crippen molar-refractivity contribution >= 4 is 17.4 Å². The van der Waals surface area contributed by atoms with Gasteiger partial charge in [0.15, 0.2) is 0 Å². The molecule has 0 aliphatic carbocycles. The van der Waals surface area contributed by atoms with E-state index in [4.69, 9.17) is 4.74 Å². The fourth-order valence-electron chi connectivity index (χ4n) is 2.13. The van der Waals surface area contributed by atoms with Crippen LogP contribution >= 0.6 is 11.3 Å². The number of ether oxygens (including phenoxy) is 1. The van der Waals surface area contributed by atoms with Gasteiger partial charge in [-0.25, -0.2) is 4.79 Å². The lowest BCUT2D eigenvalue weighted by molar-refractivity contribution is 0.0528. The van der Waals surface area contributed by atoms with Gasteiger partial charge < -0.3 is 19.9 Å². The molecule has 2 heterocycles. The first-order valence-electron chi connectivity index (χ1n) is 6.47. The summed E-state index contributed by atoms with van der Waals surface area (Å²) >= 11 is 1.68. The first-order chi connectivity index (χ1) is 9.18. The molecule has 1 aromatic rings. The van der Waals surface area contributed by atoms with Crippen molar-refractivity contribution in [2.45, 2.75) is 6.04 Å². The van der Waals surface area contributed by atoms with Gasteiger partial charge >= 0.3 is 6.03 Å². The van der Waals surface area contributed by atoms with Crippen LogP contribution in [-0.2, 0) is 4.74 Å². The standard InChI is InChI=1S/C13H21N3O2S/c1-15(2)12(11-3-8-19-10-11)9-14-13(17)16-4-6-18-7-5-16/h3,8,10,12H,4-7,9H2,1-2H3,(H,14,17). The Balaban J connectivity index is 1.86. The molecule has 0 radical (unpaired) electrons. The average molecular weight is 283 g/mol. The Morgan fingerprint density at radius 1 is 1.53 bits per heavy atom. The van der Waals surface area contributed by atoms with Crippen LogP contribution in [0.15, 0.2) is 16.8 Å². The number of urea groups is 1. The van der Waals surface area contributed by atoms with Gasteiger partial charge in [-0.1, -0.05) is 0 Å². The Hall–Kier alpha value is -1.11. The van der Waals surface area contributed by atoms with E-state index in [1.54, 1.807) is 11.3 Å². The molecule has 0 aromatic carbocycles. The number of likely N-dealkylation sites (N-methyl/N-ethyl adjacent to an activating group) is 1. The largest absolute Gasteiger partial charge is 0.378 e. The molecule has 1 aromatic heterocycles. The number of nitrogens with zero attached hydrogens (tertiary/aromatic N) is 2. The van der Waals surface area contributed by atoms with Crippen LogP contribution in [0.4, 0.5) is 4.79 Å². The van der Waals surface area contributed by atoms with E-state index >= 15 is 0 Å². The fourth-order valence-corrected chi connectivity index (χ4v) is 2.83. The molecule has 0 bridgehead atoms. The molecule has 0 saturated carbocycles. The third-order valence-corrected chi connectivity index (χ3v) is 4.00. The maximum Gasteiger partial charge on any atom is 0.317 e. The van der Waals surface area contributed by atoms with E-state index < -0.39 is 0 Å². The number of amides is 2. The third-order valence-electron chi connectivity index (χ3n) is 3.30. The van der Waals surface area contributed by atoms with Gasteiger partial charge in [0, 0.05) is 19.6 Å². The number of morpholine rings is 1. The second kappa shape index (κ2) is 6.88. The maximum atomic E-state index is 12.0. The number of rotatable bonds is 4. The molecular formula is C13H21N3O2S. The van der Waals surface area contributed by atoms with Crippen LogP contribution in [0.3, 0.4) is 0 Å². The summed E-state index contributed by atoms with van der Waals surface area (Å²) in [5.74, 6) is 0. The first kappa shape index (κ1) is 14.3. The molecule has 2 rings (SSSR count). The summed E-state index contributed by atoms with van der Waals surface area (Å²) in [6, 6.07) is 2.33. The summed E-state index contributed by atoms with van der Waals surface area (Å²) in [5.41, 5.74) is 1.25. The zero-order chi connectivity index (χ0) is 13.7. The zero-order valence-electron chi connectivity index (χ0n) is 11.5. The fraction of sp³-hybridized carbons (Fsp3) is 0.615. The Labute approximate surface area is 118 Å². The highest BCUT2D eigenvalue weighted by molar-refractivity contribution is 7.07. The summed E-state index contributed by atoms with van der Waals surface area (Å²) in [6.07, 6.45) is 0. The van der Waals surface area contributed by atoms with Crippen LogP contribution < -0.4 is 5.32 Å². The molecule has 1 atom stereocenters. The number of thiophene rings is 1. The van der Waals surface area contributed by atoms with Crippen LogP contribution in [0.25, 0.3) is 0 Å². The van der Waals surface area contributed by atoms with Crippen molar-refractivity contribution in [2.75, 3.05) is 46.9 Å². The van der Waals surface area contributed by atoms with Gasteiger partial charge in [-0.05, 0) is 36.5 Å². The normalized spacial score (nSPS) is 17.5. The zero-order valence-corrected chi connectivity index (χ0v) is 12.3. The number of carbonyl (C=O) groups excluding carboxylic acids is 1. The molecule has 106 valence electrons. The number of carbonyl (C=O) groups is 1. The number of hydrogen-bond donors (Lipinski definition) is 1. The van der Waals surface area contributed by atoms with E-state index in [2.05, 4.69) is 27.0 Å². The van der Waals surface area contributed by atoms with Crippen molar-refractivity contribution < 1.29 is 9.53 Å². The van der Waals surface area contributed by atoms with E-state index in [0.717, 1.165) is 0 Å². The van der Waals surface area contributed by atoms with Gasteiger partial charge in [-0.15, -0.1) is 0 Å².